The third-order valence-corrected chi connectivity index (χ3v) is 6.54. The number of nitrogens with one attached hydrogen (secondary N) is 1. The maximum Gasteiger partial charge on any atom is 0.264 e. The van der Waals surface area contributed by atoms with Crippen molar-refractivity contribution in [1.29, 1.82) is 0 Å². The quantitative estimate of drug-likeness (QED) is 0.397. The van der Waals surface area contributed by atoms with Crippen LogP contribution >= 0.6 is 0 Å². The Morgan fingerprint density at radius 2 is 2.00 bits per heavy atom. The predicted octanol–water partition coefficient (Wildman–Crippen LogP) is 2.13. The van der Waals surface area contributed by atoms with Crippen LogP contribution in [0.15, 0.2) is 65.8 Å². The first kappa shape index (κ1) is 24.2. The van der Waals surface area contributed by atoms with Crippen molar-refractivity contribution < 1.29 is 14.3 Å². The van der Waals surface area contributed by atoms with Gasteiger partial charge in [0.25, 0.3) is 5.56 Å². The fraction of sp³-hybridized carbons (Fsp3) is 0.296. The van der Waals surface area contributed by atoms with Crippen LogP contribution in [0.4, 0.5) is 5.69 Å². The summed E-state index contributed by atoms with van der Waals surface area (Å²) in [7, 11) is 1.57. The number of carbonyl (C=O) groups excluding carboxylic acids is 2. The number of anilines is 1. The van der Waals surface area contributed by atoms with Crippen molar-refractivity contribution in [2.45, 2.75) is 26.4 Å². The molecular weight excluding hydrogens is 472 g/mol. The average molecular weight is 501 g/mol. The van der Waals surface area contributed by atoms with Crippen LogP contribution in [-0.2, 0) is 22.7 Å². The van der Waals surface area contributed by atoms with Gasteiger partial charge in [-0.2, -0.15) is 5.10 Å². The van der Waals surface area contributed by atoms with E-state index in [0.29, 0.717) is 48.6 Å². The Labute approximate surface area is 213 Å². The lowest BCUT2D eigenvalue weighted by atomic mass is 10.1. The van der Waals surface area contributed by atoms with Crippen molar-refractivity contribution in [3.05, 3.63) is 82.5 Å². The Balaban J connectivity index is 1.20. The molecule has 0 saturated carbocycles. The minimum atomic E-state index is -0.444. The number of methoxy groups -OCH3 is 1. The van der Waals surface area contributed by atoms with Crippen molar-refractivity contribution in [3.63, 3.8) is 0 Å². The van der Waals surface area contributed by atoms with Gasteiger partial charge in [0.2, 0.25) is 11.8 Å². The SMILES string of the molecule is COc1cccc(N2CC(C(=O)NCCn3ncc4c(=O)n(Cc5cccc(C)c5)cnc43)CC2=O)c1. The van der Waals surface area contributed by atoms with Crippen molar-refractivity contribution in [1.82, 2.24) is 24.6 Å². The molecule has 3 heterocycles. The smallest absolute Gasteiger partial charge is 0.264 e. The molecule has 1 fully saturated rings. The van der Waals surface area contributed by atoms with E-state index in [1.807, 2.05) is 49.4 Å². The summed E-state index contributed by atoms with van der Waals surface area (Å²) >= 11 is 0. The number of carbonyl (C=O) groups is 2. The van der Waals surface area contributed by atoms with E-state index < -0.39 is 5.92 Å². The second-order valence-electron chi connectivity index (χ2n) is 9.17. The largest absolute Gasteiger partial charge is 0.497 e. The average Bonchev–Trinajstić information content (AvgIpc) is 3.50. The van der Waals surface area contributed by atoms with Crippen molar-refractivity contribution in [3.8, 4) is 5.75 Å². The van der Waals surface area contributed by atoms with E-state index in [-0.39, 0.29) is 23.8 Å². The molecule has 0 spiro atoms. The van der Waals surface area contributed by atoms with Crippen LogP contribution in [0.1, 0.15) is 17.5 Å². The van der Waals surface area contributed by atoms with E-state index in [2.05, 4.69) is 15.4 Å². The number of aromatic nitrogens is 4. The van der Waals surface area contributed by atoms with E-state index in [9.17, 15) is 14.4 Å². The second-order valence-corrected chi connectivity index (χ2v) is 9.17. The summed E-state index contributed by atoms with van der Waals surface area (Å²) in [5.41, 5.74) is 3.17. The van der Waals surface area contributed by atoms with Crippen LogP contribution < -0.4 is 20.5 Å². The zero-order chi connectivity index (χ0) is 25.9. The fourth-order valence-corrected chi connectivity index (χ4v) is 4.62. The molecule has 1 atom stereocenters. The fourth-order valence-electron chi connectivity index (χ4n) is 4.62. The molecule has 5 rings (SSSR count). The summed E-state index contributed by atoms with van der Waals surface area (Å²) in [6.07, 6.45) is 3.19. The molecule has 1 unspecified atom stereocenters. The summed E-state index contributed by atoms with van der Waals surface area (Å²) in [6, 6.07) is 15.2. The second kappa shape index (κ2) is 10.3. The van der Waals surface area contributed by atoms with E-state index in [4.69, 9.17) is 4.74 Å². The summed E-state index contributed by atoms with van der Waals surface area (Å²) in [4.78, 5) is 44.3. The van der Waals surface area contributed by atoms with E-state index in [0.717, 1.165) is 11.1 Å². The Hall–Kier alpha value is -4.47. The predicted molar refractivity (Wildman–Crippen MR) is 139 cm³/mol. The highest BCUT2D eigenvalue weighted by Crippen LogP contribution is 2.28. The van der Waals surface area contributed by atoms with Crippen LogP contribution in [0.25, 0.3) is 11.0 Å². The molecule has 1 aliphatic heterocycles. The third kappa shape index (κ3) is 5.09. The normalized spacial score (nSPS) is 15.4. The lowest BCUT2D eigenvalue weighted by Gasteiger charge is -2.17. The Bertz CT molecular complexity index is 1520. The van der Waals surface area contributed by atoms with E-state index in [1.165, 1.54) is 12.5 Å². The van der Waals surface area contributed by atoms with Crippen LogP contribution in [0.2, 0.25) is 0 Å². The van der Waals surface area contributed by atoms with Crippen LogP contribution in [-0.4, -0.2) is 51.3 Å². The first-order chi connectivity index (χ1) is 17.9. The highest BCUT2D eigenvalue weighted by molar-refractivity contribution is 6.00. The molecule has 2 aromatic carbocycles. The molecule has 37 heavy (non-hydrogen) atoms. The maximum atomic E-state index is 13.0. The summed E-state index contributed by atoms with van der Waals surface area (Å²) in [5, 5.41) is 7.63. The van der Waals surface area contributed by atoms with Crippen LogP contribution in [0, 0.1) is 12.8 Å². The monoisotopic (exact) mass is 500 g/mol. The zero-order valence-corrected chi connectivity index (χ0v) is 20.8. The molecule has 2 aromatic heterocycles. The van der Waals surface area contributed by atoms with Crippen LogP contribution in [0.3, 0.4) is 0 Å². The highest BCUT2D eigenvalue weighted by atomic mass is 16.5. The standard InChI is InChI=1S/C27H28N6O4/c1-18-5-3-6-19(11-18)15-31-17-29-25-23(27(31)36)14-30-33(25)10-9-28-26(35)20-12-24(34)32(16-20)21-7-4-8-22(13-21)37-2/h3-8,11,13-14,17,20H,9-10,12,15-16H2,1-2H3,(H,28,35). The maximum absolute atomic E-state index is 13.0. The van der Waals surface area contributed by atoms with Gasteiger partial charge in [-0.25, -0.2) is 9.67 Å². The topological polar surface area (TPSA) is 111 Å². The molecule has 0 aliphatic carbocycles. The summed E-state index contributed by atoms with van der Waals surface area (Å²) in [6.45, 7) is 3.40. The molecule has 1 saturated heterocycles. The zero-order valence-electron chi connectivity index (χ0n) is 20.8. The molecule has 0 radical (unpaired) electrons. The summed E-state index contributed by atoms with van der Waals surface area (Å²) in [5.74, 6) is -0.0820. The van der Waals surface area contributed by atoms with Crippen molar-refractivity contribution >= 4 is 28.5 Å². The first-order valence-electron chi connectivity index (χ1n) is 12.1. The number of aryl methyl sites for hydroxylation is 1. The number of ether oxygens (including phenoxy) is 1. The number of fused-ring (bicyclic) bond motifs is 1. The first-order valence-corrected chi connectivity index (χ1v) is 12.1. The number of hydrogen-bond donors (Lipinski definition) is 1. The molecule has 1 N–H and O–H groups in total. The number of rotatable bonds is 8. The third-order valence-electron chi connectivity index (χ3n) is 6.54. The van der Waals surface area contributed by atoms with Gasteiger partial charge in [-0.15, -0.1) is 0 Å². The molecule has 2 amide bonds. The highest BCUT2D eigenvalue weighted by Gasteiger charge is 2.35. The van der Waals surface area contributed by atoms with Crippen molar-refractivity contribution in [2.75, 3.05) is 25.1 Å². The molecule has 10 nitrogen and oxygen atoms in total. The van der Waals surface area contributed by atoms with Gasteiger partial charge >= 0.3 is 0 Å². The Morgan fingerprint density at radius 3 is 2.81 bits per heavy atom. The summed E-state index contributed by atoms with van der Waals surface area (Å²) < 4.78 is 8.41. The van der Waals surface area contributed by atoms with E-state index >= 15 is 0 Å². The van der Waals surface area contributed by atoms with Gasteiger partial charge in [-0.3, -0.25) is 19.0 Å². The van der Waals surface area contributed by atoms with Gasteiger partial charge in [0.1, 0.15) is 17.5 Å². The molecule has 0 bridgehead atoms. The molecular formula is C27H28N6O4. The number of hydrogen-bond acceptors (Lipinski definition) is 6. The number of amides is 2. The number of benzene rings is 2. The molecule has 4 aromatic rings. The van der Waals surface area contributed by atoms with E-state index in [1.54, 1.807) is 27.3 Å². The van der Waals surface area contributed by atoms with Gasteiger partial charge in [0, 0.05) is 31.3 Å². The molecule has 10 heteroatoms. The van der Waals surface area contributed by atoms with Gasteiger partial charge in [0.15, 0.2) is 5.65 Å². The molecule has 1 aliphatic rings. The minimum Gasteiger partial charge on any atom is -0.497 e. The lowest BCUT2D eigenvalue weighted by Crippen LogP contribution is -2.35. The Morgan fingerprint density at radius 1 is 1.16 bits per heavy atom. The number of nitrogens with zero attached hydrogens (tertiary/aromatic N) is 5. The lowest BCUT2D eigenvalue weighted by molar-refractivity contribution is -0.126. The Kier molecular flexibility index (Phi) is 6.72. The van der Waals surface area contributed by atoms with Gasteiger partial charge in [-0.05, 0) is 24.6 Å². The molecule has 190 valence electrons. The van der Waals surface area contributed by atoms with Gasteiger partial charge in [0.05, 0.1) is 32.3 Å². The van der Waals surface area contributed by atoms with Crippen LogP contribution in [0.5, 0.6) is 5.75 Å². The van der Waals surface area contributed by atoms with Gasteiger partial charge < -0.3 is 15.0 Å². The minimum absolute atomic E-state index is 0.0994. The van der Waals surface area contributed by atoms with Gasteiger partial charge in [-0.1, -0.05) is 35.9 Å². The van der Waals surface area contributed by atoms with Crippen molar-refractivity contribution in [2.24, 2.45) is 5.92 Å².